The van der Waals surface area contributed by atoms with Crippen LogP contribution in [0.15, 0.2) is 0 Å². The van der Waals surface area contributed by atoms with E-state index in [0.29, 0.717) is 12.8 Å². The van der Waals surface area contributed by atoms with Crippen LogP contribution in [0.2, 0.25) is 0 Å². The maximum Gasteiger partial charge on any atom is 0.472 e. The minimum Gasteiger partial charge on any atom is -0.462 e. The molecule has 0 aromatic carbocycles. The lowest BCUT2D eigenvalue weighted by Crippen LogP contribution is -2.29. The molecule has 0 spiro atoms. The van der Waals surface area contributed by atoms with E-state index in [2.05, 4.69) is 18.4 Å². The molecule has 0 fully saturated rings. The van der Waals surface area contributed by atoms with Crippen LogP contribution in [-0.2, 0) is 32.7 Å². The summed E-state index contributed by atoms with van der Waals surface area (Å²) in [6.07, 6.45) is 31.1. The minimum absolute atomic E-state index is 0.192. The van der Waals surface area contributed by atoms with Gasteiger partial charge in [-0.25, -0.2) is 4.57 Å². The molecule has 3 atom stereocenters. The second kappa shape index (κ2) is 36.3. The van der Waals surface area contributed by atoms with Crippen LogP contribution >= 0.6 is 7.82 Å². The van der Waals surface area contributed by atoms with Gasteiger partial charge in [0.15, 0.2) is 6.10 Å². The largest absolute Gasteiger partial charge is 0.472 e. The second-order valence-electron chi connectivity index (χ2n) is 14.0. The van der Waals surface area contributed by atoms with Crippen LogP contribution in [0.1, 0.15) is 200 Å². The number of hydrogen-bond acceptors (Lipinski definition) is 9. The number of carbonyl (C=O) groups is 2. The van der Waals surface area contributed by atoms with Crippen molar-refractivity contribution < 1.29 is 47.8 Å². The fourth-order valence-electron chi connectivity index (χ4n) is 5.82. The summed E-state index contributed by atoms with van der Waals surface area (Å²) in [6.45, 7) is 2.33. The third-order valence-corrected chi connectivity index (χ3v) is 9.96. The van der Waals surface area contributed by atoms with Crippen LogP contribution in [0, 0.1) is 0 Å². The summed E-state index contributed by atoms with van der Waals surface area (Å²) in [5.41, 5.74) is 0. The lowest BCUT2D eigenvalue weighted by atomic mass is 10.0. The summed E-state index contributed by atoms with van der Waals surface area (Å²) in [7, 11) is -4.60. The maximum atomic E-state index is 12.5. The summed E-state index contributed by atoms with van der Waals surface area (Å²) in [5.74, 6) is -0.923. The predicted molar refractivity (Wildman–Crippen MR) is 201 cm³/mol. The molecular weight excluding hydrogens is 659 g/mol. The molecule has 0 amide bonds. The Bertz CT molecular complexity index is 812. The Balaban J connectivity index is 4.08. The molecule has 0 rings (SSSR count). The van der Waals surface area contributed by atoms with Gasteiger partial charge >= 0.3 is 19.8 Å². The Kier molecular flexibility index (Phi) is 35.6. The summed E-state index contributed by atoms with van der Waals surface area (Å²) in [4.78, 5) is 34.6. The Morgan fingerprint density at radius 1 is 0.520 bits per heavy atom. The molecule has 3 unspecified atom stereocenters. The molecule has 50 heavy (non-hydrogen) atoms. The highest BCUT2D eigenvalue weighted by Gasteiger charge is 2.27. The number of aliphatic hydroxyl groups excluding tert-OH is 2. The topological polar surface area (TPSA) is 149 Å². The Hall–Kier alpha value is -1.03. The summed E-state index contributed by atoms with van der Waals surface area (Å²) >= 11 is 0. The molecule has 0 heterocycles. The van der Waals surface area contributed by atoms with Crippen molar-refractivity contribution in [1.29, 1.82) is 0 Å². The van der Waals surface area contributed by atoms with Gasteiger partial charge in [-0.1, -0.05) is 174 Å². The van der Waals surface area contributed by atoms with E-state index in [9.17, 15) is 24.2 Å². The van der Waals surface area contributed by atoms with E-state index in [1.54, 1.807) is 0 Å². The lowest BCUT2D eigenvalue weighted by Gasteiger charge is -2.20. The lowest BCUT2D eigenvalue weighted by molar-refractivity contribution is -0.161. The fraction of sp³-hybridized carbons (Fsp3) is 0.949. The number of aliphatic hydroxyl groups is 2. The maximum absolute atomic E-state index is 12.5. The fourth-order valence-corrected chi connectivity index (χ4v) is 6.61. The minimum atomic E-state index is -4.60. The van der Waals surface area contributed by atoms with Gasteiger partial charge in [0, 0.05) is 12.8 Å². The summed E-state index contributed by atoms with van der Waals surface area (Å²) in [6, 6.07) is 0. The van der Waals surface area contributed by atoms with Crippen LogP contribution in [0.5, 0.6) is 0 Å². The number of phosphoric acid groups is 1. The number of carbonyl (C=O) groups excluding carboxylic acids is 2. The first-order chi connectivity index (χ1) is 24.2. The Morgan fingerprint density at radius 3 is 1.24 bits per heavy atom. The molecule has 0 bridgehead atoms. The van der Waals surface area contributed by atoms with Crippen molar-refractivity contribution in [2.45, 2.75) is 212 Å². The normalized spacial score (nSPS) is 13.9. The number of hydrogen-bond donors (Lipinski definition) is 3. The zero-order valence-electron chi connectivity index (χ0n) is 32.1. The van der Waals surface area contributed by atoms with E-state index in [1.807, 2.05) is 0 Å². The second-order valence-corrected chi connectivity index (χ2v) is 15.5. The van der Waals surface area contributed by atoms with Crippen molar-refractivity contribution in [1.82, 2.24) is 0 Å². The van der Waals surface area contributed by atoms with Gasteiger partial charge in [-0.05, 0) is 12.8 Å². The molecule has 0 saturated heterocycles. The van der Waals surface area contributed by atoms with Crippen LogP contribution < -0.4 is 0 Å². The van der Waals surface area contributed by atoms with Gasteiger partial charge in [-0.2, -0.15) is 0 Å². The van der Waals surface area contributed by atoms with Crippen molar-refractivity contribution >= 4 is 19.8 Å². The molecule has 10 nitrogen and oxygen atoms in total. The standard InChI is InChI=1S/C39H77O10P/c1-3-5-7-9-11-12-13-14-15-16-17-18-19-20-21-22-23-24-25-27-29-31-39(43)49-37(35-48-50(44,45)47-33-36(41)32-40)34-46-38(42)30-28-26-10-8-6-4-2/h36-37,40-41H,3-35H2,1-2H3,(H,44,45). The van der Waals surface area contributed by atoms with Crippen molar-refractivity contribution in [3.8, 4) is 0 Å². The summed E-state index contributed by atoms with van der Waals surface area (Å²) in [5, 5.41) is 18.2. The monoisotopic (exact) mass is 737 g/mol. The van der Waals surface area contributed by atoms with Crippen LogP contribution in [0.4, 0.5) is 0 Å². The third kappa shape index (κ3) is 35.4. The average Bonchev–Trinajstić information content (AvgIpc) is 3.10. The highest BCUT2D eigenvalue weighted by Crippen LogP contribution is 2.43. The molecule has 0 aliphatic heterocycles. The zero-order valence-corrected chi connectivity index (χ0v) is 33.0. The Labute approximate surface area is 305 Å². The third-order valence-electron chi connectivity index (χ3n) is 9.01. The van der Waals surface area contributed by atoms with Crippen molar-refractivity contribution in [3.05, 3.63) is 0 Å². The first-order valence-electron chi connectivity index (χ1n) is 20.5. The molecule has 0 aromatic heterocycles. The van der Waals surface area contributed by atoms with E-state index >= 15 is 0 Å². The quantitative estimate of drug-likeness (QED) is 0.0316. The average molecular weight is 737 g/mol. The first-order valence-corrected chi connectivity index (χ1v) is 22.0. The molecular formula is C39H77O10P. The Morgan fingerprint density at radius 2 is 0.860 bits per heavy atom. The number of unbranched alkanes of at least 4 members (excludes halogenated alkanes) is 25. The highest BCUT2D eigenvalue weighted by atomic mass is 31.2. The van der Waals surface area contributed by atoms with Gasteiger partial charge in [-0.3, -0.25) is 18.6 Å². The molecule has 11 heteroatoms. The van der Waals surface area contributed by atoms with Gasteiger partial charge in [0.05, 0.1) is 19.8 Å². The van der Waals surface area contributed by atoms with E-state index in [4.69, 9.17) is 19.1 Å². The number of rotatable bonds is 39. The zero-order chi connectivity index (χ0) is 37.0. The number of esters is 2. The van der Waals surface area contributed by atoms with E-state index in [-0.39, 0.29) is 19.4 Å². The molecule has 0 aliphatic carbocycles. The first kappa shape index (κ1) is 49.0. The number of ether oxygens (including phenoxy) is 2. The molecule has 0 saturated carbocycles. The molecule has 0 aromatic rings. The molecule has 298 valence electrons. The molecule has 0 radical (unpaired) electrons. The van der Waals surface area contributed by atoms with Crippen molar-refractivity contribution in [3.63, 3.8) is 0 Å². The van der Waals surface area contributed by atoms with Gasteiger partial charge in [0.2, 0.25) is 0 Å². The van der Waals surface area contributed by atoms with Crippen molar-refractivity contribution in [2.75, 3.05) is 26.4 Å². The smallest absolute Gasteiger partial charge is 0.462 e. The number of phosphoric ester groups is 1. The van der Waals surface area contributed by atoms with E-state index in [0.717, 1.165) is 44.9 Å². The van der Waals surface area contributed by atoms with Crippen LogP contribution in [0.3, 0.4) is 0 Å². The van der Waals surface area contributed by atoms with Gasteiger partial charge < -0.3 is 24.6 Å². The van der Waals surface area contributed by atoms with Gasteiger partial charge in [0.1, 0.15) is 12.7 Å². The molecule has 3 N–H and O–H groups in total. The van der Waals surface area contributed by atoms with Crippen LogP contribution in [0.25, 0.3) is 0 Å². The molecule has 0 aliphatic rings. The highest BCUT2D eigenvalue weighted by molar-refractivity contribution is 7.47. The van der Waals surface area contributed by atoms with Crippen LogP contribution in [-0.4, -0.2) is 65.7 Å². The SMILES string of the molecule is CCCCCCCCCCCCCCCCCCCCCCCC(=O)OC(COC(=O)CCCCCCCC)COP(=O)(O)OCC(O)CO. The van der Waals surface area contributed by atoms with E-state index < -0.39 is 51.8 Å². The van der Waals surface area contributed by atoms with Crippen molar-refractivity contribution in [2.24, 2.45) is 0 Å². The van der Waals surface area contributed by atoms with Gasteiger partial charge in [-0.15, -0.1) is 0 Å². The van der Waals surface area contributed by atoms with E-state index in [1.165, 1.54) is 116 Å². The van der Waals surface area contributed by atoms with Gasteiger partial charge in [0.25, 0.3) is 0 Å². The predicted octanol–water partition coefficient (Wildman–Crippen LogP) is 10.3. The summed E-state index contributed by atoms with van der Waals surface area (Å²) < 4.78 is 32.5.